The molecule has 3 aliphatic rings. The Morgan fingerprint density at radius 1 is 1.24 bits per heavy atom. The van der Waals surface area contributed by atoms with E-state index in [0.717, 1.165) is 12.8 Å². The molecule has 2 aliphatic carbocycles. The second-order valence-corrected chi connectivity index (χ2v) is 6.85. The highest BCUT2D eigenvalue weighted by molar-refractivity contribution is 6.42. The van der Waals surface area contributed by atoms with E-state index in [1.807, 2.05) is 0 Å². The molecular formula is C15H13Cl2NO3. The topological polar surface area (TPSA) is 55.4 Å². The van der Waals surface area contributed by atoms with E-state index in [4.69, 9.17) is 27.9 Å². The van der Waals surface area contributed by atoms with Crippen LogP contribution < -0.4 is 5.32 Å². The van der Waals surface area contributed by atoms with Gasteiger partial charge >= 0.3 is 5.97 Å². The summed E-state index contributed by atoms with van der Waals surface area (Å²) in [7, 11) is 0. The molecule has 0 spiro atoms. The van der Waals surface area contributed by atoms with E-state index in [2.05, 4.69) is 5.32 Å². The van der Waals surface area contributed by atoms with Gasteiger partial charge in [-0.2, -0.15) is 0 Å². The van der Waals surface area contributed by atoms with Gasteiger partial charge in [0.05, 0.1) is 21.9 Å². The molecule has 1 aromatic rings. The Kier molecular flexibility index (Phi) is 2.95. The largest absolute Gasteiger partial charge is 0.462 e. The zero-order chi connectivity index (χ0) is 14.7. The number of halogens is 2. The lowest BCUT2D eigenvalue weighted by Gasteiger charge is -2.23. The molecule has 21 heavy (non-hydrogen) atoms. The Balaban J connectivity index is 1.55. The Morgan fingerprint density at radius 3 is 2.81 bits per heavy atom. The Labute approximate surface area is 131 Å². The highest BCUT2D eigenvalue weighted by atomic mass is 35.5. The second kappa shape index (κ2) is 4.62. The molecular weight excluding hydrogens is 313 g/mol. The summed E-state index contributed by atoms with van der Waals surface area (Å²) in [4.78, 5) is 24.5. The van der Waals surface area contributed by atoms with Crippen LogP contribution in [-0.2, 0) is 14.3 Å². The summed E-state index contributed by atoms with van der Waals surface area (Å²) in [5.41, 5.74) is 0.597. The van der Waals surface area contributed by atoms with Crippen molar-refractivity contribution in [3.63, 3.8) is 0 Å². The Bertz CT molecular complexity index is 646. The number of fused-ring (bicyclic) bond motifs is 1. The predicted octanol–water partition coefficient (Wildman–Crippen LogP) is 3.13. The van der Waals surface area contributed by atoms with Crippen molar-refractivity contribution in [3.8, 4) is 0 Å². The van der Waals surface area contributed by atoms with Crippen LogP contribution in [-0.4, -0.2) is 18.0 Å². The Morgan fingerprint density at radius 2 is 2.05 bits per heavy atom. The normalized spacial score (nSPS) is 35.9. The molecule has 4 rings (SSSR count). The fraction of sp³-hybridized carbons (Fsp3) is 0.467. The highest BCUT2D eigenvalue weighted by Gasteiger charge is 2.63. The number of hydrogen-bond acceptors (Lipinski definition) is 3. The molecule has 5 atom stereocenters. The predicted molar refractivity (Wildman–Crippen MR) is 78.2 cm³/mol. The fourth-order valence-corrected chi connectivity index (χ4v) is 4.46. The summed E-state index contributed by atoms with van der Waals surface area (Å²) in [6, 6.07) is 4.96. The van der Waals surface area contributed by atoms with Crippen molar-refractivity contribution in [3.05, 3.63) is 28.2 Å². The van der Waals surface area contributed by atoms with Crippen LogP contribution in [0.5, 0.6) is 0 Å². The van der Waals surface area contributed by atoms with Crippen LogP contribution >= 0.6 is 23.2 Å². The van der Waals surface area contributed by atoms with Crippen LogP contribution in [0, 0.1) is 23.7 Å². The number of nitrogens with one attached hydrogen (secondary N) is 1. The maximum absolute atomic E-state index is 12.5. The summed E-state index contributed by atoms with van der Waals surface area (Å²) in [5, 5.41) is 3.68. The first-order valence-corrected chi connectivity index (χ1v) is 7.76. The molecule has 1 saturated heterocycles. The molecule has 1 aliphatic heterocycles. The van der Waals surface area contributed by atoms with E-state index in [0.29, 0.717) is 15.7 Å². The highest BCUT2D eigenvalue weighted by Crippen LogP contribution is 2.57. The van der Waals surface area contributed by atoms with Crippen molar-refractivity contribution in [2.45, 2.75) is 18.9 Å². The number of carbonyl (C=O) groups excluding carboxylic acids is 2. The molecule has 2 saturated carbocycles. The number of hydrogen-bond donors (Lipinski definition) is 1. The summed E-state index contributed by atoms with van der Waals surface area (Å²) in [6.45, 7) is 0. The average Bonchev–Trinajstić information content (AvgIpc) is 3.04. The third-order valence-electron chi connectivity index (χ3n) is 4.97. The van der Waals surface area contributed by atoms with Crippen molar-refractivity contribution in [1.29, 1.82) is 0 Å². The van der Waals surface area contributed by atoms with Crippen molar-refractivity contribution in [2.24, 2.45) is 23.7 Å². The summed E-state index contributed by atoms with van der Waals surface area (Å²) < 4.78 is 5.35. The monoisotopic (exact) mass is 325 g/mol. The number of carbonyl (C=O) groups is 2. The molecule has 6 heteroatoms. The summed E-state index contributed by atoms with van der Waals surface area (Å²) in [5.74, 6) is -0.402. The van der Waals surface area contributed by atoms with Gasteiger partial charge in [-0.05, 0) is 37.0 Å². The van der Waals surface area contributed by atoms with Crippen LogP contribution in [0.15, 0.2) is 18.2 Å². The van der Waals surface area contributed by atoms with Crippen molar-refractivity contribution in [2.75, 3.05) is 5.32 Å². The molecule has 1 aromatic carbocycles. The van der Waals surface area contributed by atoms with Crippen LogP contribution in [0.1, 0.15) is 12.8 Å². The van der Waals surface area contributed by atoms with Crippen molar-refractivity contribution < 1.29 is 14.3 Å². The van der Waals surface area contributed by atoms with Crippen LogP contribution in [0.2, 0.25) is 10.0 Å². The van der Waals surface area contributed by atoms with Gasteiger partial charge in [0.15, 0.2) is 0 Å². The fourth-order valence-electron chi connectivity index (χ4n) is 4.16. The molecule has 4 nitrogen and oxygen atoms in total. The van der Waals surface area contributed by atoms with Gasteiger partial charge in [0, 0.05) is 11.6 Å². The van der Waals surface area contributed by atoms with E-state index in [9.17, 15) is 9.59 Å². The van der Waals surface area contributed by atoms with Gasteiger partial charge in [-0.25, -0.2) is 0 Å². The molecule has 1 amide bonds. The van der Waals surface area contributed by atoms with E-state index in [1.54, 1.807) is 18.2 Å². The second-order valence-electron chi connectivity index (χ2n) is 6.04. The smallest absolute Gasteiger partial charge is 0.310 e. The summed E-state index contributed by atoms with van der Waals surface area (Å²) >= 11 is 11.8. The van der Waals surface area contributed by atoms with Gasteiger partial charge in [-0.1, -0.05) is 23.2 Å². The minimum atomic E-state index is -0.282. The minimum Gasteiger partial charge on any atom is -0.462 e. The van der Waals surface area contributed by atoms with E-state index < -0.39 is 0 Å². The zero-order valence-corrected chi connectivity index (χ0v) is 12.5. The molecule has 3 fully saturated rings. The molecule has 110 valence electrons. The van der Waals surface area contributed by atoms with Gasteiger partial charge in [0.25, 0.3) is 0 Å². The van der Waals surface area contributed by atoms with Gasteiger partial charge in [0.1, 0.15) is 6.10 Å². The van der Waals surface area contributed by atoms with E-state index >= 15 is 0 Å². The minimum absolute atomic E-state index is 0.0431. The third kappa shape index (κ3) is 1.96. The molecule has 2 bridgehead atoms. The van der Waals surface area contributed by atoms with Crippen LogP contribution in [0.25, 0.3) is 0 Å². The summed E-state index contributed by atoms with van der Waals surface area (Å²) in [6.07, 6.45) is 1.77. The lowest BCUT2D eigenvalue weighted by molar-refractivity contribution is -0.145. The maximum atomic E-state index is 12.5. The zero-order valence-electron chi connectivity index (χ0n) is 11.0. The number of amides is 1. The third-order valence-corrected chi connectivity index (χ3v) is 5.71. The number of ether oxygens (including phenoxy) is 1. The quantitative estimate of drug-likeness (QED) is 0.850. The number of rotatable bonds is 2. The maximum Gasteiger partial charge on any atom is 0.310 e. The van der Waals surface area contributed by atoms with Crippen LogP contribution in [0.3, 0.4) is 0 Å². The van der Waals surface area contributed by atoms with Gasteiger partial charge in [-0.3, -0.25) is 9.59 Å². The molecule has 0 radical (unpaired) electrons. The average molecular weight is 326 g/mol. The van der Waals surface area contributed by atoms with Gasteiger partial charge in [-0.15, -0.1) is 0 Å². The number of esters is 1. The molecule has 0 unspecified atom stereocenters. The number of benzene rings is 1. The Hall–Kier alpha value is -1.26. The standard InChI is InChI=1S/C15H13Cl2NO3/c16-9-2-1-7(5-10(9)17)18-14(19)12-6-3-8-11(4-6)21-15(20)13(8)12/h1-2,5-6,8,11-13H,3-4H2,(H,18,19)/t6-,8+,11+,12-,13+/m1/s1. The lowest BCUT2D eigenvalue weighted by atomic mass is 9.79. The van der Waals surface area contributed by atoms with E-state index in [-0.39, 0.29) is 41.7 Å². The van der Waals surface area contributed by atoms with Gasteiger partial charge < -0.3 is 10.1 Å². The van der Waals surface area contributed by atoms with E-state index in [1.165, 1.54) is 0 Å². The lowest BCUT2D eigenvalue weighted by Crippen LogP contribution is -2.35. The first kappa shape index (κ1) is 13.4. The molecule has 1 N–H and O–H groups in total. The molecule has 0 aromatic heterocycles. The first-order chi connectivity index (χ1) is 10.0. The molecule has 1 heterocycles. The van der Waals surface area contributed by atoms with Crippen LogP contribution in [0.4, 0.5) is 5.69 Å². The SMILES string of the molecule is O=C(Nc1ccc(Cl)c(Cl)c1)[C@@H]1[C@@H]2C[C@@H]3[C@@H]1C(=O)O[C@H]3C2. The van der Waals surface area contributed by atoms with Crippen molar-refractivity contribution >= 4 is 40.8 Å². The number of anilines is 1. The first-order valence-electron chi connectivity index (χ1n) is 7.01. The van der Waals surface area contributed by atoms with Crippen molar-refractivity contribution in [1.82, 2.24) is 0 Å². The van der Waals surface area contributed by atoms with Gasteiger partial charge in [0.2, 0.25) is 5.91 Å².